The van der Waals surface area contributed by atoms with E-state index in [4.69, 9.17) is 21.1 Å². The molecular formula is C16H14ClN3O3. The molecule has 0 bridgehead atoms. The van der Waals surface area contributed by atoms with Crippen molar-refractivity contribution in [3.63, 3.8) is 0 Å². The highest BCUT2D eigenvalue weighted by atomic mass is 35.5. The highest BCUT2D eigenvalue weighted by molar-refractivity contribution is 6.30. The number of aromatic nitrogens is 3. The summed E-state index contributed by atoms with van der Waals surface area (Å²) in [5, 5.41) is 0.617. The van der Waals surface area contributed by atoms with Crippen LogP contribution in [-0.2, 0) is 16.0 Å². The Balaban J connectivity index is 1.89. The van der Waals surface area contributed by atoms with Crippen LogP contribution in [0, 0.1) is 0 Å². The van der Waals surface area contributed by atoms with Crippen LogP contribution < -0.4 is 5.69 Å². The minimum atomic E-state index is -0.405. The zero-order valence-electron chi connectivity index (χ0n) is 12.2. The van der Waals surface area contributed by atoms with Crippen LogP contribution in [0.4, 0.5) is 0 Å². The Labute approximate surface area is 136 Å². The first-order valence-corrected chi connectivity index (χ1v) is 7.67. The molecule has 118 valence electrons. The molecule has 1 aromatic carbocycles. The number of nitrogens with zero attached hydrogens (tertiary/aromatic N) is 3. The van der Waals surface area contributed by atoms with E-state index in [1.165, 1.54) is 0 Å². The molecule has 2 aromatic heterocycles. The number of ether oxygens (including phenoxy) is 2. The molecule has 3 heterocycles. The monoisotopic (exact) mass is 331 g/mol. The van der Waals surface area contributed by atoms with E-state index in [2.05, 4.69) is 4.98 Å². The lowest BCUT2D eigenvalue weighted by atomic mass is 10.3. The van der Waals surface area contributed by atoms with Gasteiger partial charge >= 0.3 is 5.69 Å². The summed E-state index contributed by atoms with van der Waals surface area (Å²) in [5.41, 5.74) is 1.87. The first kappa shape index (κ1) is 14.4. The Morgan fingerprint density at radius 3 is 2.65 bits per heavy atom. The standard InChI is InChI=1S/C16H14ClN3O3/c17-11-3-5-12(6-4-11)20-15-13(2-1-7-18-15)19(16(20)21)10-14-22-8-9-23-14/h1-7,14H,8-10H2. The molecular weight excluding hydrogens is 318 g/mol. The molecule has 6 nitrogen and oxygen atoms in total. The van der Waals surface area contributed by atoms with Gasteiger partial charge in [0, 0.05) is 11.2 Å². The van der Waals surface area contributed by atoms with E-state index in [0.717, 1.165) is 11.2 Å². The quantitative estimate of drug-likeness (QED) is 0.738. The predicted molar refractivity (Wildman–Crippen MR) is 86.0 cm³/mol. The van der Waals surface area contributed by atoms with E-state index in [-0.39, 0.29) is 5.69 Å². The van der Waals surface area contributed by atoms with Gasteiger partial charge in [0.05, 0.1) is 31.0 Å². The van der Waals surface area contributed by atoms with Crippen LogP contribution in [0.3, 0.4) is 0 Å². The zero-order chi connectivity index (χ0) is 15.8. The van der Waals surface area contributed by atoms with Gasteiger partial charge in [-0.3, -0.25) is 4.57 Å². The van der Waals surface area contributed by atoms with Gasteiger partial charge in [0.2, 0.25) is 0 Å². The summed E-state index contributed by atoms with van der Waals surface area (Å²) in [5.74, 6) is 0. The van der Waals surface area contributed by atoms with Crippen LogP contribution in [0.2, 0.25) is 5.02 Å². The molecule has 1 fully saturated rings. The van der Waals surface area contributed by atoms with Gasteiger partial charge in [0.15, 0.2) is 11.9 Å². The van der Waals surface area contributed by atoms with Gasteiger partial charge in [-0.25, -0.2) is 14.3 Å². The third-order valence-corrected chi connectivity index (χ3v) is 4.05. The average molecular weight is 332 g/mol. The molecule has 0 saturated carbocycles. The summed E-state index contributed by atoms with van der Waals surface area (Å²) in [4.78, 5) is 17.3. The molecule has 1 aliphatic rings. The zero-order valence-corrected chi connectivity index (χ0v) is 12.9. The van der Waals surface area contributed by atoms with Gasteiger partial charge in [-0.05, 0) is 36.4 Å². The summed E-state index contributed by atoms with van der Waals surface area (Å²) >= 11 is 5.93. The van der Waals surface area contributed by atoms with Crippen LogP contribution in [0.15, 0.2) is 47.4 Å². The summed E-state index contributed by atoms with van der Waals surface area (Å²) < 4.78 is 14.1. The second kappa shape index (κ2) is 5.81. The summed E-state index contributed by atoms with van der Waals surface area (Å²) in [6.45, 7) is 1.43. The maximum absolute atomic E-state index is 12.9. The largest absolute Gasteiger partial charge is 0.348 e. The van der Waals surface area contributed by atoms with Gasteiger partial charge in [0.1, 0.15) is 0 Å². The number of halogens is 1. The lowest BCUT2D eigenvalue weighted by molar-refractivity contribution is -0.0523. The number of benzene rings is 1. The Hall–Kier alpha value is -2.15. The van der Waals surface area contributed by atoms with Crippen LogP contribution in [0.25, 0.3) is 16.9 Å². The van der Waals surface area contributed by atoms with Crippen molar-refractivity contribution in [2.75, 3.05) is 13.2 Å². The van der Waals surface area contributed by atoms with Crippen LogP contribution >= 0.6 is 11.6 Å². The molecule has 3 aromatic rings. The third kappa shape index (κ3) is 2.55. The van der Waals surface area contributed by atoms with E-state index in [0.29, 0.717) is 30.4 Å². The van der Waals surface area contributed by atoms with E-state index in [1.807, 2.05) is 6.07 Å². The van der Waals surface area contributed by atoms with Crippen LogP contribution in [0.5, 0.6) is 0 Å². The fourth-order valence-electron chi connectivity index (χ4n) is 2.75. The number of imidazole rings is 1. The van der Waals surface area contributed by atoms with E-state index in [1.54, 1.807) is 45.7 Å². The van der Waals surface area contributed by atoms with Crippen LogP contribution in [-0.4, -0.2) is 33.6 Å². The normalized spacial score (nSPS) is 15.5. The second-order valence-electron chi connectivity index (χ2n) is 5.22. The Kier molecular flexibility index (Phi) is 3.65. The van der Waals surface area contributed by atoms with Gasteiger partial charge in [-0.1, -0.05) is 11.6 Å². The van der Waals surface area contributed by atoms with Crippen molar-refractivity contribution in [2.24, 2.45) is 0 Å². The first-order valence-electron chi connectivity index (χ1n) is 7.29. The molecule has 0 atom stereocenters. The SMILES string of the molecule is O=c1n(CC2OCCO2)c2cccnc2n1-c1ccc(Cl)cc1. The van der Waals surface area contributed by atoms with Crippen molar-refractivity contribution in [3.8, 4) is 5.69 Å². The minimum absolute atomic E-state index is 0.180. The molecule has 7 heteroatoms. The summed E-state index contributed by atoms with van der Waals surface area (Å²) in [6.07, 6.45) is 1.26. The topological polar surface area (TPSA) is 58.3 Å². The number of fused-ring (bicyclic) bond motifs is 1. The predicted octanol–water partition coefficient (Wildman–Crippen LogP) is 2.21. The fourth-order valence-corrected chi connectivity index (χ4v) is 2.87. The molecule has 0 aliphatic carbocycles. The Morgan fingerprint density at radius 1 is 1.17 bits per heavy atom. The fraction of sp³-hybridized carbons (Fsp3) is 0.250. The molecule has 0 radical (unpaired) electrons. The lowest BCUT2D eigenvalue weighted by Crippen LogP contribution is -2.28. The summed E-state index contributed by atoms with van der Waals surface area (Å²) in [7, 11) is 0. The molecule has 0 N–H and O–H groups in total. The number of hydrogen-bond acceptors (Lipinski definition) is 4. The number of pyridine rings is 1. The van der Waals surface area contributed by atoms with Crippen molar-refractivity contribution in [2.45, 2.75) is 12.8 Å². The van der Waals surface area contributed by atoms with E-state index >= 15 is 0 Å². The molecule has 0 spiro atoms. The molecule has 23 heavy (non-hydrogen) atoms. The van der Waals surface area contributed by atoms with Gasteiger partial charge in [-0.2, -0.15) is 0 Å². The third-order valence-electron chi connectivity index (χ3n) is 3.80. The smallest absolute Gasteiger partial charge is 0.335 e. The highest BCUT2D eigenvalue weighted by Gasteiger charge is 2.22. The number of hydrogen-bond donors (Lipinski definition) is 0. The van der Waals surface area contributed by atoms with Crippen molar-refractivity contribution in [1.29, 1.82) is 0 Å². The first-order chi connectivity index (χ1) is 11.2. The van der Waals surface area contributed by atoms with Gasteiger partial charge < -0.3 is 9.47 Å². The van der Waals surface area contributed by atoms with Crippen molar-refractivity contribution < 1.29 is 9.47 Å². The van der Waals surface area contributed by atoms with Gasteiger partial charge in [-0.15, -0.1) is 0 Å². The van der Waals surface area contributed by atoms with Crippen molar-refractivity contribution in [3.05, 3.63) is 58.1 Å². The highest BCUT2D eigenvalue weighted by Crippen LogP contribution is 2.18. The average Bonchev–Trinajstić information content (AvgIpc) is 3.17. The van der Waals surface area contributed by atoms with Crippen molar-refractivity contribution >= 4 is 22.8 Å². The molecule has 1 aliphatic heterocycles. The van der Waals surface area contributed by atoms with Crippen molar-refractivity contribution in [1.82, 2.24) is 14.1 Å². The second-order valence-corrected chi connectivity index (χ2v) is 5.66. The Morgan fingerprint density at radius 2 is 1.91 bits per heavy atom. The molecule has 4 rings (SSSR count). The summed E-state index contributed by atoms with van der Waals surface area (Å²) in [6, 6.07) is 10.8. The van der Waals surface area contributed by atoms with E-state index < -0.39 is 6.29 Å². The Bertz CT molecular complexity index is 895. The maximum atomic E-state index is 12.9. The van der Waals surface area contributed by atoms with Gasteiger partial charge in [0.25, 0.3) is 0 Å². The van der Waals surface area contributed by atoms with E-state index in [9.17, 15) is 4.79 Å². The molecule has 0 unspecified atom stereocenters. The molecule has 0 amide bonds. The number of rotatable bonds is 3. The minimum Gasteiger partial charge on any atom is -0.348 e. The maximum Gasteiger partial charge on any atom is 0.335 e. The molecule has 1 saturated heterocycles. The lowest BCUT2D eigenvalue weighted by Gasteiger charge is -2.09. The van der Waals surface area contributed by atoms with Crippen LogP contribution in [0.1, 0.15) is 0 Å².